The van der Waals surface area contributed by atoms with Gasteiger partial charge in [0.05, 0.1) is 13.2 Å². The second-order valence-electron chi connectivity index (χ2n) is 12.8. The maximum absolute atomic E-state index is 13.5. The fourth-order valence-corrected chi connectivity index (χ4v) is 6.59. The van der Waals surface area contributed by atoms with E-state index in [2.05, 4.69) is 37.4 Å². The molecule has 2 aromatic carbocycles. The molecule has 0 saturated carbocycles. The van der Waals surface area contributed by atoms with Gasteiger partial charge in [-0.1, -0.05) is 73.5 Å². The summed E-state index contributed by atoms with van der Waals surface area (Å²) in [4.78, 5) is 45.8. The number of aryl methyl sites for hydroxylation is 1. The van der Waals surface area contributed by atoms with Crippen LogP contribution >= 0.6 is 11.6 Å². The lowest BCUT2D eigenvalue weighted by atomic mass is 9.98. The number of esters is 1. The first-order chi connectivity index (χ1) is 26.1. The number of hydrogen-bond acceptors (Lipinski definition) is 15. The van der Waals surface area contributed by atoms with E-state index in [0.29, 0.717) is 18.1 Å². The van der Waals surface area contributed by atoms with Crippen molar-refractivity contribution in [1.82, 2.24) is 30.2 Å². The Morgan fingerprint density at radius 2 is 1.78 bits per heavy atom. The van der Waals surface area contributed by atoms with Crippen molar-refractivity contribution >= 4 is 23.7 Å². The molecule has 4 heterocycles. The Morgan fingerprint density at radius 3 is 2.48 bits per heavy atom. The molecule has 2 saturated heterocycles. The summed E-state index contributed by atoms with van der Waals surface area (Å²) < 4.78 is 35.3. The van der Waals surface area contributed by atoms with Gasteiger partial charge in [0.15, 0.2) is 17.0 Å². The quantitative estimate of drug-likeness (QED) is 0.0650. The first-order valence-electron chi connectivity index (χ1n) is 17.5. The van der Waals surface area contributed by atoms with Gasteiger partial charge in [-0.25, -0.2) is 14.6 Å². The zero-order valence-corrected chi connectivity index (χ0v) is 30.5. The molecule has 2 fully saturated rings. The van der Waals surface area contributed by atoms with E-state index in [9.17, 15) is 19.7 Å². The van der Waals surface area contributed by atoms with Gasteiger partial charge in [-0.3, -0.25) is 0 Å². The van der Waals surface area contributed by atoms with Crippen LogP contribution in [0.4, 0.5) is 4.79 Å². The summed E-state index contributed by atoms with van der Waals surface area (Å²) >= 11 is 6.54. The van der Waals surface area contributed by atoms with E-state index >= 15 is 0 Å². The molecule has 3 unspecified atom stereocenters. The molecule has 2 aliphatic rings. The van der Waals surface area contributed by atoms with Crippen molar-refractivity contribution in [3.8, 4) is 22.5 Å². The molecule has 0 radical (unpaired) electrons. The van der Waals surface area contributed by atoms with E-state index < -0.39 is 54.0 Å². The fourth-order valence-electron chi connectivity index (χ4n) is 6.31. The third-order valence-electron chi connectivity index (χ3n) is 8.94. The maximum atomic E-state index is 13.5. The number of aromatic nitrogens is 6. The summed E-state index contributed by atoms with van der Waals surface area (Å²) in [5.41, 5.74) is 3.59. The van der Waals surface area contributed by atoms with Crippen molar-refractivity contribution in [1.29, 1.82) is 0 Å². The lowest BCUT2D eigenvalue weighted by Gasteiger charge is -2.19. The molecule has 2 aliphatic heterocycles. The van der Waals surface area contributed by atoms with Crippen molar-refractivity contribution in [3.05, 3.63) is 80.9 Å². The Hall–Kier alpha value is -5.17. The van der Waals surface area contributed by atoms with Crippen molar-refractivity contribution in [2.24, 2.45) is 0 Å². The number of hydrogen-bond donors (Lipinski definition) is 1. The second-order valence-corrected chi connectivity index (χ2v) is 13.1. The minimum absolute atomic E-state index is 0.0230. The van der Waals surface area contributed by atoms with Crippen LogP contribution in [0.3, 0.4) is 0 Å². The highest BCUT2D eigenvalue weighted by molar-refractivity contribution is 6.32. The number of nitrogens with zero attached hydrogens (tertiary/aromatic N) is 6. The van der Waals surface area contributed by atoms with Crippen molar-refractivity contribution in [2.75, 3.05) is 19.8 Å². The molecule has 4 aromatic rings. The number of aromatic amines is 1. The Bertz CT molecular complexity index is 1890. The van der Waals surface area contributed by atoms with Gasteiger partial charge in [0.1, 0.15) is 30.2 Å². The number of tetrazole rings is 1. The molecule has 6 rings (SSSR count). The van der Waals surface area contributed by atoms with Crippen LogP contribution in [-0.2, 0) is 46.2 Å². The Kier molecular flexibility index (Phi) is 12.7. The summed E-state index contributed by atoms with van der Waals surface area (Å²) in [6, 6.07) is 15.6. The van der Waals surface area contributed by atoms with Gasteiger partial charge >= 0.3 is 12.1 Å². The minimum atomic E-state index is -1.34. The van der Waals surface area contributed by atoms with Crippen LogP contribution < -0.4 is 0 Å². The topological polar surface area (TPSA) is 214 Å². The molecular formula is C35H40ClN7O11. The number of fused-ring (bicyclic) bond motifs is 1. The van der Waals surface area contributed by atoms with Crippen LogP contribution in [0.1, 0.15) is 61.9 Å². The molecule has 2 aromatic heterocycles. The number of H-pyrrole nitrogens is 1. The summed E-state index contributed by atoms with van der Waals surface area (Å²) in [6.45, 7) is 5.66. The number of imidazole rings is 1. The molecule has 6 atom stereocenters. The number of rotatable bonds is 17. The van der Waals surface area contributed by atoms with E-state index in [1.165, 1.54) is 6.92 Å². The van der Waals surface area contributed by atoms with Crippen molar-refractivity contribution in [2.45, 2.75) is 89.8 Å². The average molecular weight is 770 g/mol. The molecule has 54 heavy (non-hydrogen) atoms. The Balaban J connectivity index is 1.06. The molecule has 0 amide bonds. The van der Waals surface area contributed by atoms with E-state index in [1.54, 1.807) is 11.5 Å². The van der Waals surface area contributed by atoms with Crippen LogP contribution in [0.25, 0.3) is 22.5 Å². The zero-order valence-electron chi connectivity index (χ0n) is 29.8. The lowest BCUT2D eigenvalue weighted by Crippen LogP contribution is -2.36. The van der Waals surface area contributed by atoms with Crippen molar-refractivity contribution < 1.29 is 47.9 Å². The summed E-state index contributed by atoms with van der Waals surface area (Å²) in [7, 11) is 0. The third-order valence-corrected chi connectivity index (χ3v) is 9.20. The van der Waals surface area contributed by atoms with E-state index in [-0.39, 0.29) is 43.6 Å². The summed E-state index contributed by atoms with van der Waals surface area (Å²) in [6.07, 6.45) is -2.88. The minimum Gasteiger partial charge on any atom is -0.426 e. The average Bonchev–Trinajstić information content (AvgIpc) is 3.94. The molecule has 0 aliphatic carbocycles. The number of ether oxygens (including phenoxy) is 6. The van der Waals surface area contributed by atoms with Crippen molar-refractivity contribution in [3.63, 3.8) is 0 Å². The van der Waals surface area contributed by atoms with Crippen LogP contribution in [0, 0.1) is 10.1 Å². The molecule has 288 valence electrons. The summed E-state index contributed by atoms with van der Waals surface area (Å²) in [5.74, 6) is 0.263. The molecule has 0 bridgehead atoms. The standard InChI is InChI=1S/C35H40ClN7O11/c1-4-5-10-28-37-32(36)29(42(28)17-22-11-13-23(14-12-22)24-8-6-7-9-25(24)33-38-40-41-39-33)34(44)51-21(3)52-35(45)53-27-19-50-30-26(18-49-31(27)30)48-16-15-20(2)54-43(46)47/h6-9,11-14,20-21,26-27,30-31H,4-5,10,15-19H2,1-3H3,(H,38,39,40,41)/t20-,21?,26+,27+,30?,31?/m0/s1. The SMILES string of the molecule is CCCCc1nc(Cl)c(C(=O)OC(C)OC(=O)O[C@@H]2COC3C2OC[C@H]3OCC[C@H](C)O[N+](=O)[O-])n1Cc1ccc(-c2ccccc2-c2nn[nH]n2)cc1. The van der Waals surface area contributed by atoms with E-state index in [0.717, 1.165) is 35.1 Å². The monoisotopic (exact) mass is 769 g/mol. The third kappa shape index (κ3) is 9.30. The summed E-state index contributed by atoms with van der Waals surface area (Å²) in [5, 5.41) is 24.0. The second kappa shape index (κ2) is 17.8. The maximum Gasteiger partial charge on any atom is 0.511 e. The van der Waals surface area contributed by atoms with Gasteiger partial charge in [0, 0.05) is 32.1 Å². The zero-order chi connectivity index (χ0) is 38.2. The number of carbonyl (C=O) groups is 2. The highest BCUT2D eigenvalue weighted by atomic mass is 35.5. The number of benzene rings is 2. The number of unbranched alkanes of at least 4 members (excludes halogenated alkanes) is 1. The van der Waals surface area contributed by atoms with Crippen LogP contribution in [-0.4, -0.2) is 104 Å². The molecule has 1 N–H and O–H groups in total. The van der Waals surface area contributed by atoms with E-state index in [1.807, 2.05) is 48.5 Å². The first-order valence-corrected chi connectivity index (χ1v) is 17.9. The Labute approximate surface area is 314 Å². The highest BCUT2D eigenvalue weighted by Crippen LogP contribution is 2.32. The van der Waals surface area contributed by atoms with Crippen LogP contribution in [0.5, 0.6) is 0 Å². The highest BCUT2D eigenvalue weighted by Gasteiger charge is 2.50. The van der Waals surface area contributed by atoms with Crippen LogP contribution in [0.2, 0.25) is 5.15 Å². The van der Waals surface area contributed by atoms with Gasteiger partial charge in [0.25, 0.3) is 5.09 Å². The molecular weight excluding hydrogens is 730 g/mol. The first kappa shape index (κ1) is 38.6. The predicted octanol–water partition coefficient (Wildman–Crippen LogP) is 4.97. The fraction of sp³-hybridized carbons (Fsp3) is 0.486. The Morgan fingerprint density at radius 1 is 1.06 bits per heavy atom. The van der Waals surface area contributed by atoms with E-state index in [4.69, 9.17) is 40.0 Å². The predicted molar refractivity (Wildman–Crippen MR) is 188 cm³/mol. The smallest absolute Gasteiger partial charge is 0.426 e. The molecule has 18 nitrogen and oxygen atoms in total. The number of carbonyl (C=O) groups excluding carboxylic acids is 2. The van der Waals surface area contributed by atoms with Gasteiger partial charge in [-0.2, -0.15) is 5.21 Å². The lowest BCUT2D eigenvalue weighted by molar-refractivity contribution is -0.767. The number of nitrogens with one attached hydrogen (secondary N) is 1. The van der Waals surface area contributed by atoms with Gasteiger partial charge in [0.2, 0.25) is 12.1 Å². The van der Waals surface area contributed by atoms with Crippen LogP contribution in [0.15, 0.2) is 48.5 Å². The van der Waals surface area contributed by atoms with Gasteiger partial charge < -0.3 is 37.8 Å². The van der Waals surface area contributed by atoms with Gasteiger partial charge in [-0.05, 0) is 41.7 Å². The molecule has 0 spiro atoms. The normalized spacial score (nSPS) is 20.2. The number of halogens is 1. The molecule has 19 heteroatoms. The van der Waals surface area contributed by atoms with Gasteiger partial charge in [-0.15, -0.1) is 20.3 Å². The largest absolute Gasteiger partial charge is 0.511 e.